The third-order valence-corrected chi connectivity index (χ3v) is 3.96. The number of nitrogen functional groups attached to an aromatic ring is 1. The number of nitrogens with zero attached hydrogens (tertiary/aromatic N) is 1. The van der Waals surface area contributed by atoms with E-state index in [4.69, 9.17) is 10.8 Å². The van der Waals surface area contributed by atoms with Crippen LogP contribution in [0.25, 0.3) is 0 Å². The van der Waals surface area contributed by atoms with E-state index in [0.29, 0.717) is 11.5 Å². The Balaban J connectivity index is 1.99. The highest BCUT2D eigenvalue weighted by Gasteiger charge is 2.23. The summed E-state index contributed by atoms with van der Waals surface area (Å²) < 4.78 is 0. The molecule has 0 atom stereocenters. The van der Waals surface area contributed by atoms with Crippen LogP contribution in [0.4, 0.5) is 5.69 Å². The first-order chi connectivity index (χ1) is 9.11. The summed E-state index contributed by atoms with van der Waals surface area (Å²) in [5, 5.41) is 8.94. The number of benzene rings is 1. The molecule has 0 saturated carbocycles. The molecule has 0 aromatic heterocycles. The Morgan fingerprint density at radius 2 is 2.11 bits per heavy atom. The van der Waals surface area contributed by atoms with Crippen LogP contribution in [-0.4, -0.2) is 35.6 Å². The van der Waals surface area contributed by atoms with Crippen molar-refractivity contribution in [3.8, 4) is 0 Å². The number of hydrogen-bond donors (Lipinski definition) is 2. The molecule has 3 N–H and O–H groups in total. The summed E-state index contributed by atoms with van der Waals surface area (Å²) in [4.78, 5) is 14.3. The van der Waals surface area contributed by atoms with Crippen molar-refractivity contribution >= 4 is 11.6 Å². The number of aliphatic hydroxyl groups is 1. The smallest absolute Gasteiger partial charge is 0.253 e. The maximum Gasteiger partial charge on any atom is 0.253 e. The average molecular weight is 262 g/mol. The molecule has 0 unspecified atom stereocenters. The van der Waals surface area contributed by atoms with Gasteiger partial charge in [-0.3, -0.25) is 4.79 Å². The van der Waals surface area contributed by atoms with Crippen molar-refractivity contribution in [1.82, 2.24) is 4.90 Å². The number of rotatable bonds is 3. The van der Waals surface area contributed by atoms with Gasteiger partial charge in [-0.25, -0.2) is 0 Å². The van der Waals surface area contributed by atoms with Gasteiger partial charge in [0.25, 0.3) is 5.91 Å². The maximum absolute atomic E-state index is 12.4. The van der Waals surface area contributed by atoms with E-state index in [-0.39, 0.29) is 12.5 Å². The Morgan fingerprint density at radius 1 is 1.42 bits per heavy atom. The molecule has 1 aliphatic rings. The van der Waals surface area contributed by atoms with Crippen LogP contribution in [0.15, 0.2) is 18.2 Å². The van der Waals surface area contributed by atoms with E-state index in [9.17, 15) is 4.79 Å². The fourth-order valence-electron chi connectivity index (χ4n) is 2.60. The number of carbonyl (C=O) groups excluding carboxylic acids is 1. The molecule has 19 heavy (non-hydrogen) atoms. The Morgan fingerprint density at radius 3 is 2.68 bits per heavy atom. The largest absolute Gasteiger partial charge is 0.399 e. The quantitative estimate of drug-likeness (QED) is 0.816. The highest BCUT2D eigenvalue weighted by atomic mass is 16.3. The number of carbonyl (C=O) groups is 1. The number of likely N-dealkylation sites (tertiary alicyclic amines) is 1. The molecule has 0 aliphatic carbocycles. The molecule has 4 heteroatoms. The number of piperidine rings is 1. The van der Waals surface area contributed by atoms with Crippen LogP contribution in [0.5, 0.6) is 0 Å². The van der Waals surface area contributed by atoms with Gasteiger partial charge in [0, 0.05) is 30.9 Å². The molecule has 0 bridgehead atoms. The molecule has 1 aromatic carbocycles. The second-order valence-electron chi connectivity index (χ2n) is 5.32. The number of aryl methyl sites for hydroxylation is 1. The number of amides is 1. The summed E-state index contributed by atoms with van der Waals surface area (Å²) in [7, 11) is 0. The van der Waals surface area contributed by atoms with Crippen molar-refractivity contribution in [2.45, 2.75) is 26.2 Å². The van der Waals surface area contributed by atoms with Gasteiger partial charge < -0.3 is 15.7 Å². The van der Waals surface area contributed by atoms with Crippen LogP contribution in [0.3, 0.4) is 0 Å². The van der Waals surface area contributed by atoms with Crippen molar-refractivity contribution < 1.29 is 9.90 Å². The van der Waals surface area contributed by atoms with Gasteiger partial charge in [0.1, 0.15) is 0 Å². The maximum atomic E-state index is 12.4. The van der Waals surface area contributed by atoms with Crippen LogP contribution in [0.2, 0.25) is 0 Å². The molecule has 1 aliphatic heterocycles. The van der Waals surface area contributed by atoms with E-state index in [2.05, 4.69) is 0 Å². The van der Waals surface area contributed by atoms with Crippen LogP contribution < -0.4 is 5.73 Å². The Kier molecular flexibility index (Phi) is 4.43. The minimum absolute atomic E-state index is 0.0885. The average Bonchev–Trinajstić information content (AvgIpc) is 2.42. The van der Waals surface area contributed by atoms with E-state index in [1.807, 2.05) is 17.9 Å². The molecule has 1 aromatic rings. The highest BCUT2D eigenvalue weighted by Crippen LogP contribution is 2.22. The minimum Gasteiger partial charge on any atom is -0.399 e. The fraction of sp³-hybridized carbons (Fsp3) is 0.533. The Hall–Kier alpha value is -1.55. The zero-order chi connectivity index (χ0) is 13.8. The molecule has 1 heterocycles. The first-order valence-electron chi connectivity index (χ1n) is 6.88. The minimum atomic E-state index is 0.0885. The van der Waals surface area contributed by atoms with Crippen molar-refractivity contribution in [3.05, 3.63) is 29.3 Å². The van der Waals surface area contributed by atoms with Gasteiger partial charge >= 0.3 is 0 Å². The van der Waals surface area contributed by atoms with Crippen LogP contribution >= 0.6 is 0 Å². The predicted octanol–water partition coefficient (Wildman–Crippen LogP) is 1.81. The standard InChI is InChI=1S/C15H22N2O2/c1-11-10-13(2-3-14(11)16)15(19)17-7-4-12(5-8-17)6-9-18/h2-3,10,12,18H,4-9,16H2,1H3. The first kappa shape index (κ1) is 13.9. The third kappa shape index (κ3) is 3.26. The number of hydrogen-bond acceptors (Lipinski definition) is 3. The topological polar surface area (TPSA) is 66.6 Å². The second kappa shape index (κ2) is 6.06. The number of nitrogens with two attached hydrogens (primary N) is 1. The molecule has 2 rings (SSSR count). The highest BCUT2D eigenvalue weighted by molar-refractivity contribution is 5.94. The lowest BCUT2D eigenvalue weighted by Crippen LogP contribution is -2.38. The first-order valence-corrected chi connectivity index (χ1v) is 6.88. The molecule has 104 valence electrons. The molecule has 1 fully saturated rings. The molecule has 0 spiro atoms. The van der Waals surface area contributed by atoms with E-state index in [0.717, 1.165) is 43.6 Å². The normalized spacial score (nSPS) is 16.6. The summed E-state index contributed by atoms with van der Waals surface area (Å²) in [6, 6.07) is 5.45. The molecule has 4 nitrogen and oxygen atoms in total. The van der Waals surface area contributed by atoms with Crippen LogP contribution in [0.1, 0.15) is 35.2 Å². The predicted molar refractivity (Wildman–Crippen MR) is 75.9 cm³/mol. The van der Waals surface area contributed by atoms with E-state index in [1.54, 1.807) is 12.1 Å². The van der Waals surface area contributed by atoms with Gasteiger partial charge in [0.15, 0.2) is 0 Å². The summed E-state index contributed by atoms with van der Waals surface area (Å²) in [6.45, 7) is 3.73. The molecular weight excluding hydrogens is 240 g/mol. The van der Waals surface area contributed by atoms with Gasteiger partial charge in [-0.05, 0) is 55.9 Å². The lowest BCUT2D eigenvalue weighted by atomic mass is 9.93. The van der Waals surface area contributed by atoms with Crippen molar-refractivity contribution in [1.29, 1.82) is 0 Å². The Labute approximate surface area is 114 Å². The third-order valence-electron chi connectivity index (χ3n) is 3.96. The number of aliphatic hydroxyl groups excluding tert-OH is 1. The molecule has 1 amide bonds. The van der Waals surface area contributed by atoms with Gasteiger partial charge in [0.05, 0.1) is 0 Å². The SMILES string of the molecule is Cc1cc(C(=O)N2CCC(CCO)CC2)ccc1N. The summed E-state index contributed by atoms with van der Waals surface area (Å²) >= 11 is 0. The molecule has 0 radical (unpaired) electrons. The Bertz CT molecular complexity index is 451. The second-order valence-corrected chi connectivity index (χ2v) is 5.32. The summed E-state index contributed by atoms with van der Waals surface area (Å²) in [6.07, 6.45) is 2.82. The van der Waals surface area contributed by atoms with Gasteiger partial charge in [0.2, 0.25) is 0 Å². The van der Waals surface area contributed by atoms with E-state index in [1.165, 1.54) is 0 Å². The molecular formula is C15H22N2O2. The van der Waals surface area contributed by atoms with Crippen molar-refractivity contribution in [2.24, 2.45) is 5.92 Å². The van der Waals surface area contributed by atoms with Gasteiger partial charge in [-0.15, -0.1) is 0 Å². The monoisotopic (exact) mass is 262 g/mol. The van der Waals surface area contributed by atoms with Gasteiger partial charge in [-0.1, -0.05) is 0 Å². The molecule has 1 saturated heterocycles. The fourth-order valence-corrected chi connectivity index (χ4v) is 2.60. The van der Waals surface area contributed by atoms with E-state index >= 15 is 0 Å². The lowest BCUT2D eigenvalue weighted by Gasteiger charge is -2.32. The van der Waals surface area contributed by atoms with Gasteiger partial charge in [-0.2, -0.15) is 0 Å². The lowest BCUT2D eigenvalue weighted by molar-refractivity contribution is 0.0678. The zero-order valence-electron chi connectivity index (χ0n) is 11.4. The zero-order valence-corrected chi connectivity index (χ0v) is 11.4. The van der Waals surface area contributed by atoms with Crippen molar-refractivity contribution in [2.75, 3.05) is 25.4 Å². The van der Waals surface area contributed by atoms with E-state index < -0.39 is 0 Å². The summed E-state index contributed by atoms with van der Waals surface area (Å²) in [5.74, 6) is 0.646. The summed E-state index contributed by atoms with van der Waals surface area (Å²) in [5.41, 5.74) is 8.15. The van der Waals surface area contributed by atoms with Crippen LogP contribution in [0, 0.1) is 12.8 Å². The van der Waals surface area contributed by atoms with Crippen LogP contribution in [-0.2, 0) is 0 Å². The number of anilines is 1. The van der Waals surface area contributed by atoms with Crippen molar-refractivity contribution in [3.63, 3.8) is 0 Å².